The van der Waals surface area contributed by atoms with Crippen molar-refractivity contribution < 1.29 is 19.2 Å². The summed E-state index contributed by atoms with van der Waals surface area (Å²) in [4.78, 5) is 59.2. The van der Waals surface area contributed by atoms with Gasteiger partial charge in [-0.05, 0) is 48.6 Å². The Morgan fingerprint density at radius 1 is 1.17 bits per heavy atom. The van der Waals surface area contributed by atoms with E-state index in [2.05, 4.69) is 16.7 Å². The average molecular weight is 565 g/mol. The Hall–Kier alpha value is -3.61. The van der Waals surface area contributed by atoms with E-state index in [1.54, 1.807) is 11.9 Å². The van der Waals surface area contributed by atoms with Gasteiger partial charge in [-0.1, -0.05) is 52.8 Å². The number of piperidine rings is 1. The number of fused-ring (bicyclic) bond motifs is 2. The van der Waals surface area contributed by atoms with Gasteiger partial charge in [-0.2, -0.15) is 5.26 Å². The van der Waals surface area contributed by atoms with E-state index in [4.69, 9.17) is 0 Å². The van der Waals surface area contributed by atoms with Gasteiger partial charge in [0, 0.05) is 38.8 Å². The number of anilines is 1. The molecule has 3 aliphatic rings. The van der Waals surface area contributed by atoms with Crippen LogP contribution in [0.3, 0.4) is 0 Å². The van der Waals surface area contributed by atoms with E-state index in [0.29, 0.717) is 25.2 Å². The summed E-state index contributed by atoms with van der Waals surface area (Å²) in [6, 6.07) is 6.87. The molecule has 1 aromatic carbocycles. The molecule has 4 rings (SSSR count). The van der Waals surface area contributed by atoms with Crippen LogP contribution in [-0.4, -0.2) is 83.3 Å². The molecule has 5 amide bonds. The van der Waals surface area contributed by atoms with Crippen molar-refractivity contribution in [1.82, 2.24) is 20.0 Å². The smallest absolute Gasteiger partial charge is 0.318 e. The quantitative estimate of drug-likeness (QED) is 0.547. The molecule has 2 N–H and O–H groups in total. The van der Waals surface area contributed by atoms with Crippen LogP contribution in [0, 0.1) is 22.7 Å². The number of amides is 5. The minimum Gasteiger partial charge on any atom is -0.332 e. The molecule has 0 aliphatic carbocycles. The molecule has 0 bridgehead atoms. The number of para-hydroxylation sites is 1. The normalized spacial score (nSPS) is 23.6. The highest BCUT2D eigenvalue weighted by Gasteiger charge is 2.57. The summed E-state index contributed by atoms with van der Waals surface area (Å²) in [5.41, 5.74) is 0.157. The largest absolute Gasteiger partial charge is 0.332 e. The number of likely N-dealkylation sites (N-methyl/N-ethyl adjacent to an activating group) is 1. The van der Waals surface area contributed by atoms with Crippen molar-refractivity contribution in [3.63, 3.8) is 0 Å². The van der Waals surface area contributed by atoms with Gasteiger partial charge in [-0.25, -0.2) is 4.79 Å². The number of hydrogen-bond donors (Lipinski definition) is 2. The van der Waals surface area contributed by atoms with E-state index < -0.39 is 23.5 Å². The standard InChI is InChI=1S/C31H44N6O4/c1-20(2)25(34-29(41)36-14-10-7-11-15-36)27(39)35(6)24(17-30(3,4)5)26(38)37-19-31(16-21(37)18-32)22-12-8-9-13-23(22)33-28(31)40/h8-9,12-13,20-21,24-25H,7,10-11,14-17,19H2,1-6H3,(H,33,40)(H,34,41)/t21-,24-,25-,31-/m0/s1. The number of carbonyl (C=O) groups is 4. The third kappa shape index (κ3) is 6.04. The Morgan fingerprint density at radius 3 is 2.44 bits per heavy atom. The molecule has 0 radical (unpaired) electrons. The summed E-state index contributed by atoms with van der Waals surface area (Å²) in [7, 11) is 1.60. The number of nitriles is 1. The maximum Gasteiger partial charge on any atom is 0.318 e. The van der Waals surface area contributed by atoms with Crippen molar-refractivity contribution in [3.8, 4) is 6.07 Å². The lowest BCUT2D eigenvalue weighted by atomic mass is 9.80. The summed E-state index contributed by atoms with van der Waals surface area (Å²) in [6.07, 6.45) is 3.51. The predicted molar refractivity (Wildman–Crippen MR) is 156 cm³/mol. The highest BCUT2D eigenvalue weighted by Crippen LogP contribution is 2.46. The second-order valence-corrected chi connectivity index (χ2v) is 13.3. The molecule has 0 aromatic heterocycles. The third-order valence-electron chi connectivity index (χ3n) is 8.68. The number of nitrogens with one attached hydrogen (secondary N) is 2. The van der Waals surface area contributed by atoms with Gasteiger partial charge in [0.25, 0.3) is 0 Å². The van der Waals surface area contributed by atoms with E-state index in [1.807, 2.05) is 58.9 Å². The Morgan fingerprint density at radius 2 is 1.83 bits per heavy atom. The second kappa shape index (κ2) is 11.7. The zero-order chi connectivity index (χ0) is 30.1. The monoisotopic (exact) mass is 564 g/mol. The SMILES string of the molecule is CC(C)[C@H](NC(=O)N1CCCCC1)C(=O)N(C)[C@@H](CC(C)(C)C)C(=O)N1C[C@]2(C[C@H]1C#N)C(=O)Nc1ccccc12. The maximum absolute atomic E-state index is 14.3. The molecule has 10 nitrogen and oxygen atoms in total. The first-order valence-corrected chi connectivity index (χ1v) is 14.7. The van der Waals surface area contributed by atoms with Crippen LogP contribution in [0.15, 0.2) is 24.3 Å². The van der Waals surface area contributed by atoms with Crippen molar-refractivity contribution in [2.45, 2.75) is 90.3 Å². The van der Waals surface area contributed by atoms with Crippen molar-refractivity contribution >= 4 is 29.4 Å². The minimum absolute atomic E-state index is 0.0644. The van der Waals surface area contributed by atoms with E-state index in [-0.39, 0.29) is 48.1 Å². The van der Waals surface area contributed by atoms with Gasteiger partial charge in [-0.3, -0.25) is 14.4 Å². The van der Waals surface area contributed by atoms with Crippen molar-refractivity contribution in [3.05, 3.63) is 29.8 Å². The fourth-order valence-corrected chi connectivity index (χ4v) is 6.36. The first-order chi connectivity index (χ1) is 19.3. The Bertz CT molecular complexity index is 1230. The molecule has 41 heavy (non-hydrogen) atoms. The van der Waals surface area contributed by atoms with Gasteiger partial charge in [0.15, 0.2) is 0 Å². The second-order valence-electron chi connectivity index (χ2n) is 13.3. The molecule has 2 saturated heterocycles. The average Bonchev–Trinajstić information content (AvgIpc) is 3.46. The van der Waals surface area contributed by atoms with Crippen LogP contribution >= 0.6 is 0 Å². The summed E-state index contributed by atoms with van der Waals surface area (Å²) in [5, 5.41) is 16.0. The number of rotatable bonds is 6. The molecule has 2 fully saturated rings. The van der Waals surface area contributed by atoms with Crippen LogP contribution in [0.25, 0.3) is 0 Å². The van der Waals surface area contributed by atoms with Crippen molar-refractivity contribution in [1.29, 1.82) is 5.26 Å². The fraction of sp³-hybridized carbons (Fsp3) is 0.645. The van der Waals surface area contributed by atoms with Gasteiger partial charge < -0.3 is 25.3 Å². The lowest BCUT2D eigenvalue weighted by Crippen LogP contribution is -2.59. The van der Waals surface area contributed by atoms with Gasteiger partial charge in [0.1, 0.15) is 18.1 Å². The number of urea groups is 1. The number of likely N-dealkylation sites (tertiary alicyclic amines) is 2. The predicted octanol–water partition coefficient (Wildman–Crippen LogP) is 3.48. The molecule has 0 saturated carbocycles. The highest BCUT2D eigenvalue weighted by molar-refractivity contribution is 6.07. The summed E-state index contributed by atoms with van der Waals surface area (Å²) in [5.74, 6) is -1.13. The van der Waals surface area contributed by atoms with Crippen LogP contribution in [0.4, 0.5) is 10.5 Å². The molecular weight excluding hydrogens is 520 g/mol. The van der Waals surface area contributed by atoms with Crippen LogP contribution in [0.1, 0.15) is 72.3 Å². The number of carbonyl (C=O) groups excluding carboxylic acids is 4. The lowest BCUT2D eigenvalue weighted by molar-refractivity contribution is -0.147. The number of benzene rings is 1. The first kappa shape index (κ1) is 30.4. The Balaban J connectivity index is 1.60. The molecule has 1 spiro atoms. The lowest BCUT2D eigenvalue weighted by Gasteiger charge is -2.38. The van der Waals surface area contributed by atoms with Crippen LogP contribution in [0.5, 0.6) is 0 Å². The minimum atomic E-state index is -1.01. The summed E-state index contributed by atoms with van der Waals surface area (Å²) in [6.45, 7) is 11.1. The van der Waals surface area contributed by atoms with Crippen LogP contribution < -0.4 is 10.6 Å². The molecule has 3 heterocycles. The molecule has 1 aromatic rings. The number of nitrogens with zero attached hydrogens (tertiary/aromatic N) is 4. The zero-order valence-corrected chi connectivity index (χ0v) is 25.2. The summed E-state index contributed by atoms with van der Waals surface area (Å²) >= 11 is 0. The van der Waals surface area contributed by atoms with E-state index in [1.165, 1.54) is 9.80 Å². The number of hydrogen-bond acceptors (Lipinski definition) is 5. The van der Waals surface area contributed by atoms with Crippen LogP contribution in [-0.2, 0) is 19.8 Å². The fourth-order valence-electron chi connectivity index (χ4n) is 6.36. The third-order valence-corrected chi connectivity index (χ3v) is 8.68. The van der Waals surface area contributed by atoms with Gasteiger partial charge in [0.2, 0.25) is 17.7 Å². The molecule has 222 valence electrons. The topological polar surface area (TPSA) is 126 Å². The molecule has 0 unspecified atom stereocenters. The first-order valence-electron chi connectivity index (χ1n) is 14.7. The zero-order valence-electron chi connectivity index (χ0n) is 25.2. The maximum atomic E-state index is 14.3. The van der Waals surface area contributed by atoms with Crippen molar-refractivity contribution in [2.24, 2.45) is 11.3 Å². The summed E-state index contributed by atoms with van der Waals surface area (Å²) < 4.78 is 0. The van der Waals surface area contributed by atoms with E-state index in [9.17, 15) is 24.4 Å². The molecule has 3 aliphatic heterocycles. The van der Waals surface area contributed by atoms with Gasteiger partial charge in [0.05, 0.1) is 11.5 Å². The molecular formula is C31H44N6O4. The van der Waals surface area contributed by atoms with Gasteiger partial charge >= 0.3 is 6.03 Å². The molecule has 4 atom stereocenters. The van der Waals surface area contributed by atoms with E-state index >= 15 is 0 Å². The van der Waals surface area contributed by atoms with Gasteiger partial charge in [-0.15, -0.1) is 0 Å². The Labute approximate surface area is 243 Å². The van der Waals surface area contributed by atoms with Crippen molar-refractivity contribution in [2.75, 3.05) is 32.0 Å². The highest BCUT2D eigenvalue weighted by atomic mass is 16.2. The molecule has 10 heteroatoms. The van der Waals surface area contributed by atoms with Crippen LogP contribution in [0.2, 0.25) is 0 Å². The van der Waals surface area contributed by atoms with E-state index in [0.717, 1.165) is 24.8 Å². The Kier molecular flexibility index (Phi) is 8.67.